The Morgan fingerprint density at radius 1 is 1.10 bits per heavy atom. The highest BCUT2D eigenvalue weighted by Gasteiger charge is 2.15. The number of rotatable bonds is 3. The molecule has 20 heavy (non-hydrogen) atoms. The molecule has 106 valence electrons. The predicted octanol–water partition coefficient (Wildman–Crippen LogP) is 3.50. The average Bonchev–Trinajstić information content (AvgIpc) is 2.79. The molecule has 3 heteroatoms. The minimum absolute atomic E-state index is 0.319. The molecule has 0 radical (unpaired) electrons. The molecule has 3 rings (SSSR count). The molecule has 3 nitrogen and oxygen atoms in total. The molecule has 1 saturated heterocycles. The Kier molecular flexibility index (Phi) is 4.05. The van der Waals surface area contributed by atoms with Gasteiger partial charge in [0.2, 0.25) is 5.91 Å². The lowest BCUT2D eigenvalue weighted by Gasteiger charge is -2.20. The summed E-state index contributed by atoms with van der Waals surface area (Å²) in [7, 11) is 0. The average molecular weight is 270 g/mol. The van der Waals surface area contributed by atoms with Gasteiger partial charge in [0.15, 0.2) is 0 Å². The van der Waals surface area contributed by atoms with E-state index in [0.717, 1.165) is 25.0 Å². The first kappa shape index (κ1) is 13.2. The zero-order valence-electron chi connectivity index (χ0n) is 11.9. The highest BCUT2D eigenvalue weighted by Crippen LogP contribution is 2.19. The molecule has 2 aromatic rings. The first-order valence-electron chi connectivity index (χ1n) is 7.67. The maximum Gasteiger partial charge on any atom is 0.222 e. The Bertz CT molecular complexity index is 579. The van der Waals surface area contributed by atoms with Gasteiger partial charge in [0.1, 0.15) is 0 Å². The topological polar surface area (TPSA) is 36.1 Å². The van der Waals surface area contributed by atoms with Crippen molar-refractivity contribution in [1.29, 1.82) is 0 Å². The molecule has 2 heterocycles. The fourth-order valence-corrected chi connectivity index (χ4v) is 3.09. The molecule has 1 aromatic heterocycles. The second-order valence-electron chi connectivity index (χ2n) is 5.65. The van der Waals surface area contributed by atoms with E-state index in [2.05, 4.69) is 34.1 Å². The van der Waals surface area contributed by atoms with Gasteiger partial charge in [0.25, 0.3) is 0 Å². The van der Waals surface area contributed by atoms with Gasteiger partial charge >= 0.3 is 0 Å². The third-order valence-corrected chi connectivity index (χ3v) is 4.25. The Morgan fingerprint density at radius 2 is 1.90 bits per heavy atom. The summed E-state index contributed by atoms with van der Waals surface area (Å²) in [6, 6.07) is 8.37. The van der Waals surface area contributed by atoms with Crippen molar-refractivity contribution < 1.29 is 4.79 Å². The van der Waals surface area contributed by atoms with E-state index < -0.39 is 0 Å². The molecule has 0 atom stereocenters. The number of aryl methyl sites for hydroxylation is 1. The van der Waals surface area contributed by atoms with Gasteiger partial charge < -0.3 is 9.88 Å². The Labute approximate surface area is 120 Å². The number of nitrogens with zero attached hydrogens (tertiary/aromatic N) is 1. The first-order chi connectivity index (χ1) is 9.84. The van der Waals surface area contributed by atoms with Crippen LogP contribution in [0.1, 0.15) is 37.7 Å². The van der Waals surface area contributed by atoms with Gasteiger partial charge in [0, 0.05) is 36.6 Å². The first-order valence-corrected chi connectivity index (χ1v) is 7.67. The van der Waals surface area contributed by atoms with Gasteiger partial charge in [0.05, 0.1) is 0 Å². The van der Waals surface area contributed by atoms with E-state index in [0.29, 0.717) is 12.3 Å². The van der Waals surface area contributed by atoms with Gasteiger partial charge in [-0.1, -0.05) is 25.0 Å². The van der Waals surface area contributed by atoms with E-state index in [1.165, 1.54) is 36.6 Å². The second-order valence-corrected chi connectivity index (χ2v) is 5.65. The zero-order chi connectivity index (χ0) is 13.8. The number of benzene rings is 1. The summed E-state index contributed by atoms with van der Waals surface area (Å²) >= 11 is 0. The Balaban J connectivity index is 1.63. The van der Waals surface area contributed by atoms with Crippen molar-refractivity contribution in [2.24, 2.45) is 0 Å². The molecule has 0 aliphatic carbocycles. The van der Waals surface area contributed by atoms with Crippen LogP contribution in [0.3, 0.4) is 0 Å². The van der Waals surface area contributed by atoms with Gasteiger partial charge in [-0.25, -0.2) is 0 Å². The lowest BCUT2D eigenvalue weighted by atomic mass is 10.0. The Morgan fingerprint density at radius 3 is 2.70 bits per heavy atom. The normalized spacial score (nSPS) is 16.3. The van der Waals surface area contributed by atoms with Crippen LogP contribution < -0.4 is 0 Å². The smallest absolute Gasteiger partial charge is 0.222 e. The molecule has 1 aliphatic rings. The fourth-order valence-electron chi connectivity index (χ4n) is 3.09. The molecule has 0 unspecified atom stereocenters. The summed E-state index contributed by atoms with van der Waals surface area (Å²) in [6.45, 7) is 1.90. The van der Waals surface area contributed by atoms with Crippen molar-refractivity contribution in [3.8, 4) is 0 Å². The fraction of sp³-hybridized carbons (Fsp3) is 0.471. The number of H-pyrrole nitrogens is 1. The summed E-state index contributed by atoms with van der Waals surface area (Å²) in [6.07, 6.45) is 8.30. The van der Waals surface area contributed by atoms with Crippen LogP contribution in [0.4, 0.5) is 0 Å². The van der Waals surface area contributed by atoms with Crippen molar-refractivity contribution in [2.75, 3.05) is 13.1 Å². The maximum atomic E-state index is 12.3. The van der Waals surface area contributed by atoms with Crippen molar-refractivity contribution in [3.63, 3.8) is 0 Å². The van der Waals surface area contributed by atoms with Crippen molar-refractivity contribution in [1.82, 2.24) is 9.88 Å². The number of hydrogen-bond acceptors (Lipinski definition) is 1. The van der Waals surface area contributed by atoms with E-state index in [4.69, 9.17) is 0 Å². The number of aromatic amines is 1. The standard InChI is InChI=1S/C17H22N2O/c20-17(19-12-3-1-2-4-13-19)9-8-14-6-5-7-16-15(14)10-11-18-16/h5-7,10-11,18H,1-4,8-9,12-13H2. The molecule has 0 bridgehead atoms. The third-order valence-electron chi connectivity index (χ3n) is 4.25. The number of hydrogen-bond donors (Lipinski definition) is 1. The number of aromatic nitrogens is 1. The monoisotopic (exact) mass is 270 g/mol. The molecule has 1 amide bonds. The van der Waals surface area contributed by atoms with Crippen LogP contribution >= 0.6 is 0 Å². The van der Waals surface area contributed by atoms with Crippen molar-refractivity contribution >= 4 is 16.8 Å². The molecule has 1 aromatic carbocycles. The summed E-state index contributed by atoms with van der Waals surface area (Å²) in [5.41, 5.74) is 2.43. The molecule has 1 fully saturated rings. The van der Waals surface area contributed by atoms with Gasteiger partial charge in [-0.3, -0.25) is 4.79 Å². The quantitative estimate of drug-likeness (QED) is 0.910. The summed E-state index contributed by atoms with van der Waals surface area (Å²) in [5, 5.41) is 1.25. The third kappa shape index (κ3) is 2.87. The van der Waals surface area contributed by atoms with Crippen LogP contribution in [0, 0.1) is 0 Å². The highest BCUT2D eigenvalue weighted by atomic mass is 16.2. The SMILES string of the molecule is O=C(CCc1cccc2[nH]ccc12)N1CCCCCC1. The largest absolute Gasteiger partial charge is 0.361 e. The molecule has 1 aliphatic heterocycles. The van der Waals surface area contributed by atoms with E-state index in [1.807, 2.05) is 6.20 Å². The van der Waals surface area contributed by atoms with Crippen LogP contribution in [-0.2, 0) is 11.2 Å². The zero-order valence-corrected chi connectivity index (χ0v) is 11.9. The van der Waals surface area contributed by atoms with Crippen LogP contribution in [0.5, 0.6) is 0 Å². The van der Waals surface area contributed by atoms with E-state index >= 15 is 0 Å². The Hall–Kier alpha value is -1.77. The van der Waals surface area contributed by atoms with Crippen LogP contribution in [-0.4, -0.2) is 28.9 Å². The van der Waals surface area contributed by atoms with Gasteiger partial charge in [-0.2, -0.15) is 0 Å². The summed E-state index contributed by atoms with van der Waals surface area (Å²) < 4.78 is 0. The molecular weight excluding hydrogens is 248 g/mol. The van der Waals surface area contributed by atoms with E-state index in [-0.39, 0.29) is 0 Å². The predicted molar refractivity (Wildman–Crippen MR) is 81.7 cm³/mol. The lowest BCUT2D eigenvalue weighted by Crippen LogP contribution is -2.31. The molecule has 0 saturated carbocycles. The number of likely N-dealkylation sites (tertiary alicyclic amines) is 1. The highest BCUT2D eigenvalue weighted by molar-refractivity contribution is 5.84. The number of amides is 1. The van der Waals surface area contributed by atoms with Crippen LogP contribution in [0.15, 0.2) is 30.5 Å². The summed E-state index contributed by atoms with van der Waals surface area (Å²) in [4.78, 5) is 17.6. The van der Waals surface area contributed by atoms with Crippen molar-refractivity contribution in [2.45, 2.75) is 38.5 Å². The van der Waals surface area contributed by atoms with Gasteiger partial charge in [-0.05, 0) is 37.0 Å². The van der Waals surface area contributed by atoms with E-state index in [9.17, 15) is 4.79 Å². The number of carbonyl (C=O) groups excluding carboxylic acids is 1. The van der Waals surface area contributed by atoms with E-state index in [1.54, 1.807) is 0 Å². The minimum atomic E-state index is 0.319. The van der Waals surface area contributed by atoms with Crippen LogP contribution in [0.25, 0.3) is 10.9 Å². The number of nitrogens with one attached hydrogen (secondary N) is 1. The summed E-state index contributed by atoms with van der Waals surface area (Å²) in [5.74, 6) is 0.319. The molecule has 1 N–H and O–H groups in total. The maximum absolute atomic E-state index is 12.3. The van der Waals surface area contributed by atoms with Crippen LogP contribution in [0.2, 0.25) is 0 Å². The second kappa shape index (κ2) is 6.12. The lowest BCUT2D eigenvalue weighted by molar-refractivity contribution is -0.131. The number of carbonyl (C=O) groups is 1. The van der Waals surface area contributed by atoms with Crippen molar-refractivity contribution in [3.05, 3.63) is 36.0 Å². The van der Waals surface area contributed by atoms with Gasteiger partial charge in [-0.15, -0.1) is 0 Å². The minimum Gasteiger partial charge on any atom is -0.361 e. The molecule has 0 spiro atoms. The number of fused-ring (bicyclic) bond motifs is 1. The molecular formula is C17H22N2O.